The van der Waals surface area contributed by atoms with E-state index >= 15 is 0 Å². The number of benzene rings is 4. The molecule has 1 unspecified atom stereocenters. The number of hydrogen-bond acceptors (Lipinski definition) is 3. The van der Waals surface area contributed by atoms with Crippen LogP contribution in [0.1, 0.15) is 39.5 Å². The first-order valence-corrected chi connectivity index (χ1v) is 12.9. The molecule has 4 aromatic carbocycles. The van der Waals surface area contributed by atoms with Crippen molar-refractivity contribution in [1.82, 2.24) is 0 Å². The van der Waals surface area contributed by atoms with Gasteiger partial charge in [0.1, 0.15) is 18.2 Å². The third-order valence-corrected chi connectivity index (χ3v) is 6.59. The molecule has 0 aliphatic rings. The molecule has 0 spiro atoms. The van der Waals surface area contributed by atoms with Gasteiger partial charge in [0.05, 0.1) is 22.8 Å². The number of rotatable bonds is 9. The van der Waals surface area contributed by atoms with Crippen LogP contribution in [-0.4, -0.2) is 11.7 Å². The molecule has 0 aromatic heterocycles. The third kappa shape index (κ3) is 8.43. The Hall–Kier alpha value is -4.26. The molecule has 4 rings (SSSR count). The predicted molar refractivity (Wildman–Crippen MR) is 141 cm³/mol. The van der Waals surface area contributed by atoms with Crippen molar-refractivity contribution in [1.29, 1.82) is 0 Å². The molecule has 0 saturated heterocycles. The largest absolute Gasteiger partial charge is 0.489 e. The first-order valence-electron chi connectivity index (χ1n) is 12.9. The molecule has 13 heteroatoms. The van der Waals surface area contributed by atoms with Gasteiger partial charge in [0.15, 0.2) is 0 Å². The number of halogens is 10. The number of ether oxygens (including phenoxy) is 1. The second-order valence-electron chi connectivity index (χ2n) is 9.80. The second-order valence-corrected chi connectivity index (χ2v) is 9.80. The quantitative estimate of drug-likeness (QED) is 0.187. The summed E-state index contributed by atoms with van der Waals surface area (Å²) in [6.45, 7) is -1.16. The highest BCUT2D eigenvalue weighted by Crippen LogP contribution is 2.34. The molecule has 0 fully saturated rings. The zero-order chi connectivity index (χ0) is 32.3. The van der Waals surface area contributed by atoms with Crippen molar-refractivity contribution in [3.05, 3.63) is 130 Å². The molecule has 1 atom stereocenters. The summed E-state index contributed by atoms with van der Waals surface area (Å²) in [6.07, 6.45) is -15.4. The van der Waals surface area contributed by atoms with Crippen molar-refractivity contribution in [2.45, 2.75) is 37.8 Å². The van der Waals surface area contributed by atoms with E-state index in [9.17, 15) is 49.0 Å². The van der Waals surface area contributed by atoms with Crippen LogP contribution < -0.4 is 9.64 Å². The number of nitrogens with zero attached hydrogens (tertiary/aromatic N) is 1. The third-order valence-electron chi connectivity index (χ3n) is 6.59. The summed E-state index contributed by atoms with van der Waals surface area (Å²) in [5.41, 5.74) is -2.85. The molecule has 0 aliphatic heterocycles. The van der Waals surface area contributed by atoms with Crippen molar-refractivity contribution in [3.8, 4) is 5.75 Å². The Bertz CT molecular complexity index is 1560. The topological polar surface area (TPSA) is 32.7 Å². The molecule has 44 heavy (non-hydrogen) atoms. The van der Waals surface area contributed by atoms with Crippen molar-refractivity contribution in [3.63, 3.8) is 0 Å². The van der Waals surface area contributed by atoms with Crippen LogP contribution in [0.15, 0.2) is 91.0 Å². The Morgan fingerprint density at radius 1 is 0.659 bits per heavy atom. The Kier molecular flexibility index (Phi) is 9.47. The minimum absolute atomic E-state index is 0.0597. The Morgan fingerprint density at radius 2 is 1.25 bits per heavy atom. The van der Waals surface area contributed by atoms with E-state index in [2.05, 4.69) is 0 Å². The summed E-state index contributed by atoms with van der Waals surface area (Å²) in [5.74, 6) is -0.831. The SMILES string of the molecule is OC(CN(Cc1cc(C(F)(F)F)ccc1F)c1cccc(OCc2cccc(C(F)(F)F)c2)c1)c1ccc(C(F)(F)F)cc1. The van der Waals surface area contributed by atoms with E-state index in [-0.39, 0.29) is 34.7 Å². The highest BCUT2D eigenvalue weighted by molar-refractivity contribution is 5.52. The molecular weight excluding hydrogens is 608 g/mol. The molecule has 0 heterocycles. The fourth-order valence-electron chi connectivity index (χ4n) is 4.32. The molecule has 0 aliphatic carbocycles. The van der Waals surface area contributed by atoms with Gasteiger partial charge in [-0.2, -0.15) is 39.5 Å². The van der Waals surface area contributed by atoms with Crippen LogP contribution in [-0.2, 0) is 31.7 Å². The summed E-state index contributed by atoms with van der Waals surface area (Å²) >= 11 is 0. The first-order chi connectivity index (χ1) is 20.5. The minimum atomic E-state index is -4.77. The first kappa shape index (κ1) is 32.6. The molecule has 0 saturated carbocycles. The number of aliphatic hydroxyl groups is 1. The highest BCUT2D eigenvalue weighted by Gasteiger charge is 2.33. The van der Waals surface area contributed by atoms with Crippen molar-refractivity contribution in [2.75, 3.05) is 11.4 Å². The lowest BCUT2D eigenvalue weighted by molar-refractivity contribution is -0.138. The van der Waals surface area contributed by atoms with Gasteiger partial charge in [-0.15, -0.1) is 0 Å². The van der Waals surface area contributed by atoms with Crippen molar-refractivity contribution >= 4 is 5.69 Å². The highest BCUT2D eigenvalue weighted by atomic mass is 19.4. The van der Waals surface area contributed by atoms with Crippen LogP contribution >= 0.6 is 0 Å². The van der Waals surface area contributed by atoms with Gasteiger partial charge in [-0.1, -0.05) is 30.3 Å². The summed E-state index contributed by atoms with van der Waals surface area (Å²) < 4.78 is 138. The van der Waals surface area contributed by atoms with Crippen LogP contribution in [0.3, 0.4) is 0 Å². The van der Waals surface area contributed by atoms with E-state index in [1.807, 2.05) is 0 Å². The summed E-state index contributed by atoms with van der Waals surface area (Å²) in [4.78, 5) is 1.30. The fourth-order valence-corrected chi connectivity index (χ4v) is 4.32. The van der Waals surface area contributed by atoms with Gasteiger partial charge >= 0.3 is 18.5 Å². The molecule has 234 valence electrons. The van der Waals surface area contributed by atoms with Crippen molar-refractivity contribution < 1.29 is 53.7 Å². The molecule has 0 bridgehead atoms. The van der Waals surface area contributed by atoms with Gasteiger partial charge in [0.2, 0.25) is 0 Å². The van der Waals surface area contributed by atoms with E-state index in [4.69, 9.17) is 4.74 Å². The molecule has 4 aromatic rings. The smallest absolute Gasteiger partial charge is 0.416 e. The summed E-state index contributed by atoms with van der Waals surface area (Å²) in [6, 6.07) is 15.7. The predicted octanol–water partition coefficient (Wildman–Crippen LogP) is 9.20. The van der Waals surface area contributed by atoms with E-state index in [1.54, 1.807) is 0 Å². The Labute approximate surface area is 244 Å². The lowest BCUT2D eigenvalue weighted by Crippen LogP contribution is -2.29. The van der Waals surface area contributed by atoms with Crippen molar-refractivity contribution in [2.24, 2.45) is 0 Å². The Balaban J connectivity index is 1.62. The lowest BCUT2D eigenvalue weighted by atomic mass is 10.0. The maximum atomic E-state index is 14.7. The summed E-state index contributed by atoms with van der Waals surface area (Å²) in [5, 5.41) is 10.9. The van der Waals surface area contributed by atoms with Gasteiger partial charge in [0.25, 0.3) is 0 Å². The van der Waals surface area contributed by atoms with Gasteiger partial charge in [-0.25, -0.2) is 4.39 Å². The molecular formula is C31H23F10NO2. The molecule has 0 radical (unpaired) electrons. The number of alkyl halides is 9. The minimum Gasteiger partial charge on any atom is -0.489 e. The Morgan fingerprint density at radius 3 is 1.89 bits per heavy atom. The fraction of sp³-hybridized carbons (Fsp3) is 0.226. The number of anilines is 1. The van der Waals surface area contributed by atoms with Crippen LogP contribution in [0.2, 0.25) is 0 Å². The zero-order valence-electron chi connectivity index (χ0n) is 22.4. The standard InChI is InChI=1S/C31H23F10NO2/c32-27-12-11-24(31(39,40)41)14-21(27)16-42(17-28(43)20-7-9-22(10-8-20)29(33,34)35)25-5-2-6-26(15-25)44-18-19-3-1-4-23(13-19)30(36,37)38/h1-15,28,43H,16-18H2. The average molecular weight is 632 g/mol. The number of aliphatic hydroxyl groups excluding tert-OH is 1. The maximum absolute atomic E-state index is 14.7. The summed E-state index contributed by atoms with van der Waals surface area (Å²) in [7, 11) is 0. The van der Waals surface area contributed by atoms with Crippen LogP contribution in [0.25, 0.3) is 0 Å². The van der Waals surface area contributed by atoms with E-state index in [0.29, 0.717) is 18.2 Å². The van der Waals surface area contributed by atoms with E-state index < -0.39 is 60.2 Å². The lowest BCUT2D eigenvalue weighted by Gasteiger charge is -2.28. The molecule has 1 N–H and O–H groups in total. The van der Waals surface area contributed by atoms with Gasteiger partial charge in [0, 0.05) is 30.4 Å². The van der Waals surface area contributed by atoms with E-state index in [1.165, 1.54) is 41.3 Å². The maximum Gasteiger partial charge on any atom is 0.416 e. The van der Waals surface area contributed by atoms with Crippen LogP contribution in [0.5, 0.6) is 5.75 Å². The van der Waals surface area contributed by atoms with E-state index in [0.717, 1.165) is 36.4 Å². The van der Waals surface area contributed by atoms with Gasteiger partial charge in [-0.05, 0) is 65.7 Å². The van der Waals surface area contributed by atoms with Gasteiger partial charge < -0.3 is 14.7 Å². The average Bonchev–Trinajstić information content (AvgIpc) is 2.95. The molecule has 3 nitrogen and oxygen atoms in total. The van der Waals surface area contributed by atoms with Crippen LogP contribution in [0, 0.1) is 5.82 Å². The second kappa shape index (κ2) is 12.8. The number of hydrogen-bond donors (Lipinski definition) is 1. The zero-order valence-corrected chi connectivity index (χ0v) is 22.4. The van der Waals surface area contributed by atoms with Gasteiger partial charge in [-0.3, -0.25) is 0 Å². The molecule has 0 amide bonds. The van der Waals surface area contributed by atoms with Crippen LogP contribution in [0.4, 0.5) is 49.6 Å². The monoisotopic (exact) mass is 631 g/mol. The normalized spacial score (nSPS) is 13.1.